The van der Waals surface area contributed by atoms with Crippen LogP contribution in [0.3, 0.4) is 0 Å². The zero-order chi connectivity index (χ0) is 22.9. The highest BCUT2D eigenvalue weighted by Crippen LogP contribution is 2.51. The second-order valence-electron chi connectivity index (χ2n) is 9.66. The first-order chi connectivity index (χ1) is 16.0. The van der Waals surface area contributed by atoms with E-state index in [2.05, 4.69) is 15.7 Å². The zero-order valence-corrected chi connectivity index (χ0v) is 18.9. The number of anilines is 1. The molecule has 8 heteroatoms. The van der Waals surface area contributed by atoms with Crippen LogP contribution < -0.4 is 10.6 Å². The molecule has 176 valence electrons. The fourth-order valence-corrected chi connectivity index (χ4v) is 5.20. The molecule has 33 heavy (non-hydrogen) atoms. The average Bonchev–Trinajstić information content (AvgIpc) is 3.74. The van der Waals surface area contributed by atoms with Gasteiger partial charge in [0.1, 0.15) is 17.6 Å². The van der Waals surface area contributed by atoms with E-state index < -0.39 is 6.04 Å². The summed E-state index contributed by atoms with van der Waals surface area (Å²) >= 11 is 0. The first-order valence-electron chi connectivity index (χ1n) is 12.0. The number of nitrogens with one attached hydrogen (secondary N) is 2. The Morgan fingerprint density at radius 2 is 1.79 bits per heavy atom. The van der Waals surface area contributed by atoms with Crippen molar-refractivity contribution in [2.75, 3.05) is 18.5 Å². The highest BCUT2D eigenvalue weighted by Gasteiger charge is 2.48. The normalized spacial score (nSPS) is 20.0. The number of carbonyl (C=O) groups is 2. The second-order valence-corrected chi connectivity index (χ2v) is 9.66. The Kier molecular flexibility index (Phi) is 6.19. The van der Waals surface area contributed by atoms with E-state index in [0.717, 1.165) is 38.5 Å². The van der Waals surface area contributed by atoms with E-state index in [1.54, 1.807) is 31.4 Å². The number of rotatable bonds is 8. The van der Waals surface area contributed by atoms with Crippen LogP contribution in [0, 0.1) is 23.6 Å². The summed E-state index contributed by atoms with van der Waals surface area (Å²) in [6, 6.07) is 5.90. The van der Waals surface area contributed by atoms with Crippen LogP contribution in [0.15, 0.2) is 30.5 Å². The van der Waals surface area contributed by atoms with Gasteiger partial charge in [0, 0.05) is 32.1 Å². The lowest BCUT2D eigenvalue weighted by Gasteiger charge is -2.28. The minimum absolute atomic E-state index is 0.105. The summed E-state index contributed by atoms with van der Waals surface area (Å²) in [7, 11) is 1.70. The van der Waals surface area contributed by atoms with Crippen LogP contribution in [-0.2, 0) is 16.6 Å². The van der Waals surface area contributed by atoms with Gasteiger partial charge in [-0.15, -0.1) is 0 Å². The van der Waals surface area contributed by atoms with Gasteiger partial charge in [0.2, 0.25) is 5.91 Å². The Labute approximate surface area is 193 Å². The van der Waals surface area contributed by atoms with Crippen molar-refractivity contribution < 1.29 is 18.7 Å². The van der Waals surface area contributed by atoms with Crippen molar-refractivity contribution in [2.45, 2.75) is 50.5 Å². The van der Waals surface area contributed by atoms with E-state index in [1.165, 1.54) is 10.7 Å². The van der Waals surface area contributed by atoms with Crippen LogP contribution in [0.25, 0.3) is 0 Å². The number of benzene rings is 1. The van der Waals surface area contributed by atoms with Crippen molar-refractivity contribution >= 4 is 17.5 Å². The molecule has 0 radical (unpaired) electrons. The lowest BCUT2D eigenvalue weighted by molar-refractivity contribution is -0.119. The fourth-order valence-electron chi connectivity index (χ4n) is 5.20. The maximum absolute atomic E-state index is 14.9. The fraction of sp³-hybridized carbons (Fsp3) is 0.560. The minimum atomic E-state index is -0.661. The SMILES string of the molecule is Cn1nccc1C(=O)N[C@H](C(=O)Nc1ccc(C2CCOCC2)c(F)c1)C(C1CC1)C1CC1. The Balaban J connectivity index is 1.34. The molecule has 1 aromatic carbocycles. The van der Waals surface area contributed by atoms with E-state index in [9.17, 15) is 14.0 Å². The molecule has 2 heterocycles. The molecule has 3 aliphatic rings. The molecule has 1 saturated heterocycles. The molecule has 3 fully saturated rings. The lowest BCUT2D eigenvalue weighted by atomic mass is 9.88. The van der Waals surface area contributed by atoms with Gasteiger partial charge >= 0.3 is 0 Å². The Hall–Kier alpha value is -2.74. The highest BCUT2D eigenvalue weighted by atomic mass is 19.1. The number of amides is 2. The monoisotopic (exact) mass is 454 g/mol. The third-order valence-corrected chi connectivity index (χ3v) is 7.27. The maximum atomic E-state index is 14.9. The molecule has 1 aromatic heterocycles. The zero-order valence-electron chi connectivity index (χ0n) is 18.9. The van der Waals surface area contributed by atoms with Crippen molar-refractivity contribution in [3.05, 3.63) is 47.5 Å². The molecule has 0 spiro atoms. The van der Waals surface area contributed by atoms with E-state index in [1.807, 2.05) is 0 Å². The second kappa shape index (κ2) is 9.25. The molecule has 7 nitrogen and oxygen atoms in total. The molecule has 2 aromatic rings. The molecule has 2 saturated carbocycles. The molecule has 2 aliphatic carbocycles. The number of aryl methyl sites for hydroxylation is 1. The summed E-state index contributed by atoms with van der Waals surface area (Å²) in [5.41, 5.74) is 1.50. The van der Waals surface area contributed by atoms with E-state index in [4.69, 9.17) is 4.74 Å². The number of ether oxygens (including phenoxy) is 1. The van der Waals surface area contributed by atoms with Crippen molar-refractivity contribution in [1.82, 2.24) is 15.1 Å². The van der Waals surface area contributed by atoms with Crippen molar-refractivity contribution in [1.29, 1.82) is 0 Å². The number of aromatic nitrogens is 2. The van der Waals surface area contributed by atoms with Gasteiger partial charge in [-0.3, -0.25) is 14.3 Å². The van der Waals surface area contributed by atoms with E-state index in [0.29, 0.717) is 42.0 Å². The summed E-state index contributed by atoms with van der Waals surface area (Å²) in [5, 5.41) is 9.92. The Morgan fingerprint density at radius 1 is 1.09 bits per heavy atom. The van der Waals surface area contributed by atoms with Gasteiger partial charge < -0.3 is 15.4 Å². The van der Waals surface area contributed by atoms with Gasteiger partial charge in [0.15, 0.2) is 0 Å². The van der Waals surface area contributed by atoms with Crippen molar-refractivity contribution in [3.8, 4) is 0 Å². The lowest BCUT2D eigenvalue weighted by Crippen LogP contribution is -2.50. The summed E-state index contributed by atoms with van der Waals surface area (Å²) in [6.45, 7) is 1.29. The quantitative estimate of drug-likeness (QED) is 0.638. The summed E-state index contributed by atoms with van der Waals surface area (Å²) in [4.78, 5) is 26.4. The van der Waals surface area contributed by atoms with Crippen LogP contribution in [-0.4, -0.2) is 40.9 Å². The molecule has 2 N–H and O–H groups in total. The van der Waals surface area contributed by atoms with Crippen LogP contribution in [0.2, 0.25) is 0 Å². The minimum Gasteiger partial charge on any atom is -0.381 e. The van der Waals surface area contributed by atoms with Gasteiger partial charge in [-0.25, -0.2) is 4.39 Å². The van der Waals surface area contributed by atoms with Gasteiger partial charge in [0.05, 0.1) is 0 Å². The van der Waals surface area contributed by atoms with Crippen LogP contribution in [0.4, 0.5) is 10.1 Å². The highest BCUT2D eigenvalue weighted by molar-refractivity contribution is 6.00. The standard InChI is InChI=1S/C25H31FN4O3/c1-30-21(8-11-27-30)24(31)29-23(22(16-2-3-16)17-4-5-17)25(32)28-18-6-7-19(20(26)14-18)15-9-12-33-13-10-15/h6-8,11,14-17,22-23H,2-5,9-10,12-13H2,1H3,(H,28,32)(H,29,31)/t23-/m0/s1. The largest absolute Gasteiger partial charge is 0.381 e. The van der Waals surface area contributed by atoms with Crippen LogP contribution in [0.1, 0.15) is 60.5 Å². The molecule has 2 amide bonds. The molecular formula is C25H31FN4O3. The van der Waals surface area contributed by atoms with Crippen molar-refractivity contribution in [2.24, 2.45) is 24.8 Å². The van der Waals surface area contributed by atoms with Gasteiger partial charge in [0.25, 0.3) is 5.91 Å². The smallest absolute Gasteiger partial charge is 0.270 e. The summed E-state index contributed by atoms with van der Waals surface area (Å²) in [5.74, 6) is 0.239. The molecule has 1 atom stereocenters. The van der Waals surface area contributed by atoms with Crippen LogP contribution in [0.5, 0.6) is 0 Å². The number of hydrogen-bond acceptors (Lipinski definition) is 4. The van der Waals surface area contributed by atoms with Crippen LogP contribution >= 0.6 is 0 Å². The third kappa shape index (κ3) is 4.95. The number of hydrogen-bond donors (Lipinski definition) is 2. The Morgan fingerprint density at radius 3 is 2.36 bits per heavy atom. The average molecular weight is 455 g/mol. The van der Waals surface area contributed by atoms with Gasteiger partial charge in [-0.1, -0.05) is 6.07 Å². The predicted molar refractivity (Wildman–Crippen MR) is 121 cm³/mol. The number of halogens is 1. The summed E-state index contributed by atoms with van der Waals surface area (Å²) in [6.07, 6.45) is 7.50. The van der Waals surface area contributed by atoms with Crippen molar-refractivity contribution in [3.63, 3.8) is 0 Å². The maximum Gasteiger partial charge on any atom is 0.270 e. The van der Waals surface area contributed by atoms with E-state index in [-0.39, 0.29) is 29.5 Å². The topological polar surface area (TPSA) is 85.2 Å². The molecule has 1 aliphatic heterocycles. The molecular weight excluding hydrogens is 423 g/mol. The first-order valence-corrected chi connectivity index (χ1v) is 12.0. The molecule has 5 rings (SSSR count). The molecule has 0 unspecified atom stereocenters. The number of carbonyl (C=O) groups excluding carboxylic acids is 2. The number of nitrogens with zero attached hydrogens (tertiary/aromatic N) is 2. The van der Waals surface area contributed by atoms with Gasteiger partial charge in [-0.2, -0.15) is 5.10 Å². The first kappa shape index (κ1) is 22.1. The van der Waals surface area contributed by atoms with Gasteiger partial charge in [-0.05, 0) is 86.0 Å². The molecule has 0 bridgehead atoms. The van der Waals surface area contributed by atoms with E-state index >= 15 is 0 Å². The third-order valence-electron chi connectivity index (χ3n) is 7.27. The summed E-state index contributed by atoms with van der Waals surface area (Å²) < 4.78 is 21.8. The Bertz CT molecular complexity index is 1010. The predicted octanol–water partition coefficient (Wildman–Crippen LogP) is 3.63.